The van der Waals surface area contributed by atoms with Crippen LogP contribution in [0.3, 0.4) is 0 Å². The summed E-state index contributed by atoms with van der Waals surface area (Å²) in [6.07, 6.45) is 6.86. The molecular weight excluding hydrogens is 178 g/mol. The van der Waals surface area contributed by atoms with Gasteiger partial charge in [0.1, 0.15) is 0 Å². The van der Waals surface area contributed by atoms with Crippen LogP contribution in [-0.2, 0) is 23.1 Å². The van der Waals surface area contributed by atoms with E-state index < -0.39 is 11.4 Å². The number of carboxylic acid groups (broad SMARTS) is 1. The van der Waals surface area contributed by atoms with E-state index in [-0.39, 0.29) is 0 Å². The first-order valence-corrected chi connectivity index (χ1v) is 5.17. The van der Waals surface area contributed by atoms with Gasteiger partial charge in [-0.25, -0.2) is 0 Å². The van der Waals surface area contributed by atoms with Gasteiger partial charge in [-0.15, -0.1) is 0 Å². The van der Waals surface area contributed by atoms with E-state index in [1.54, 1.807) is 0 Å². The summed E-state index contributed by atoms with van der Waals surface area (Å²) < 4.78 is 0. The van der Waals surface area contributed by atoms with Crippen molar-refractivity contribution in [3.63, 3.8) is 0 Å². The molecule has 0 saturated heterocycles. The van der Waals surface area contributed by atoms with Gasteiger partial charge in [0.05, 0.1) is 5.41 Å². The highest BCUT2D eigenvalue weighted by Gasteiger charge is 2.53. The van der Waals surface area contributed by atoms with Crippen molar-refractivity contribution in [3.05, 3.63) is 23.0 Å². The van der Waals surface area contributed by atoms with Crippen LogP contribution in [0.1, 0.15) is 36.1 Å². The van der Waals surface area contributed by atoms with Crippen LogP contribution in [0, 0.1) is 0 Å². The molecule has 3 nitrogen and oxygen atoms in total. The predicted molar refractivity (Wildman–Crippen MR) is 51.4 cm³/mol. The predicted octanol–water partition coefficient (Wildman–Crippen LogP) is 1.62. The summed E-state index contributed by atoms with van der Waals surface area (Å²) >= 11 is 0. The van der Waals surface area contributed by atoms with Gasteiger partial charge in [0.15, 0.2) is 0 Å². The number of aliphatic carboxylic acids is 1. The van der Waals surface area contributed by atoms with E-state index in [2.05, 4.69) is 4.98 Å². The Balaban J connectivity index is 2.09. The molecule has 0 atom stereocenters. The maximum absolute atomic E-state index is 11.2. The van der Waals surface area contributed by atoms with Crippen LogP contribution in [0.4, 0.5) is 0 Å². The molecule has 3 rings (SSSR count). The third-order valence-corrected chi connectivity index (χ3v) is 3.61. The van der Waals surface area contributed by atoms with Crippen molar-refractivity contribution in [2.75, 3.05) is 0 Å². The number of hydrogen-bond acceptors (Lipinski definition) is 1. The first-order chi connectivity index (χ1) is 6.74. The molecule has 1 heterocycles. The van der Waals surface area contributed by atoms with Gasteiger partial charge in [0.2, 0.25) is 0 Å². The number of carboxylic acids is 1. The highest BCUT2D eigenvalue weighted by atomic mass is 16.4. The summed E-state index contributed by atoms with van der Waals surface area (Å²) in [5, 5.41) is 9.19. The third kappa shape index (κ3) is 0.846. The van der Waals surface area contributed by atoms with Crippen LogP contribution < -0.4 is 0 Å². The molecule has 2 N–H and O–H groups in total. The Hall–Kier alpha value is -1.25. The second kappa shape index (κ2) is 2.41. The summed E-state index contributed by atoms with van der Waals surface area (Å²) in [5.74, 6) is -0.647. The van der Waals surface area contributed by atoms with Gasteiger partial charge in [-0.1, -0.05) is 0 Å². The molecular formula is C11H13NO2. The number of rotatable bonds is 2. The van der Waals surface area contributed by atoms with Crippen molar-refractivity contribution < 1.29 is 9.90 Å². The number of aromatic amines is 1. The fourth-order valence-corrected chi connectivity index (χ4v) is 2.60. The van der Waals surface area contributed by atoms with Crippen LogP contribution in [0.5, 0.6) is 0 Å². The molecule has 0 unspecified atom stereocenters. The molecule has 1 aromatic heterocycles. The van der Waals surface area contributed by atoms with Crippen molar-refractivity contribution in [3.8, 4) is 0 Å². The zero-order valence-electron chi connectivity index (χ0n) is 7.97. The normalized spacial score (nSPS) is 22.0. The van der Waals surface area contributed by atoms with Crippen LogP contribution in [0.2, 0.25) is 0 Å². The Morgan fingerprint density at radius 3 is 2.86 bits per heavy atom. The highest BCUT2D eigenvalue weighted by Crippen LogP contribution is 2.51. The first-order valence-electron chi connectivity index (χ1n) is 5.17. The average Bonchev–Trinajstić information content (AvgIpc) is 2.67. The molecule has 1 saturated carbocycles. The van der Waals surface area contributed by atoms with Crippen LogP contribution in [0.15, 0.2) is 6.20 Å². The fraction of sp³-hybridized carbons (Fsp3) is 0.545. The molecule has 0 radical (unpaired) electrons. The lowest BCUT2D eigenvalue weighted by Gasteiger charge is -2.09. The van der Waals surface area contributed by atoms with E-state index in [0.717, 1.165) is 31.2 Å². The first kappa shape index (κ1) is 8.09. The quantitative estimate of drug-likeness (QED) is 0.746. The summed E-state index contributed by atoms with van der Waals surface area (Å²) in [6.45, 7) is 0. The number of aromatic nitrogens is 1. The monoisotopic (exact) mass is 191 g/mol. The molecule has 74 valence electrons. The summed E-state index contributed by atoms with van der Waals surface area (Å²) in [7, 11) is 0. The summed E-state index contributed by atoms with van der Waals surface area (Å²) in [5.41, 5.74) is 3.11. The minimum atomic E-state index is -0.647. The van der Waals surface area contributed by atoms with Gasteiger partial charge in [-0.3, -0.25) is 4.79 Å². The summed E-state index contributed by atoms with van der Waals surface area (Å²) in [4.78, 5) is 14.4. The van der Waals surface area contributed by atoms with Crippen LogP contribution in [0.25, 0.3) is 0 Å². The van der Waals surface area contributed by atoms with E-state index in [4.69, 9.17) is 0 Å². The molecule has 0 aliphatic heterocycles. The number of hydrogen-bond donors (Lipinski definition) is 2. The van der Waals surface area contributed by atoms with Crippen molar-refractivity contribution in [2.45, 2.75) is 37.5 Å². The Labute approximate surface area is 82.1 Å². The number of H-pyrrole nitrogens is 1. The minimum absolute atomic E-state index is 0.519. The molecule has 1 aromatic rings. The number of nitrogens with one attached hydrogen (secondary N) is 1. The zero-order chi connectivity index (χ0) is 9.76. The molecule has 3 heteroatoms. The molecule has 14 heavy (non-hydrogen) atoms. The lowest BCUT2D eigenvalue weighted by Crippen LogP contribution is -2.20. The number of fused-ring (bicyclic) bond motifs is 1. The van der Waals surface area contributed by atoms with Crippen LogP contribution >= 0.6 is 0 Å². The third-order valence-electron chi connectivity index (χ3n) is 3.61. The molecule has 2 aliphatic rings. The fourth-order valence-electron chi connectivity index (χ4n) is 2.60. The zero-order valence-corrected chi connectivity index (χ0v) is 7.97. The molecule has 0 spiro atoms. The lowest BCUT2D eigenvalue weighted by atomic mass is 9.94. The van der Waals surface area contributed by atoms with Gasteiger partial charge in [0.25, 0.3) is 0 Å². The van der Waals surface area contributed by atoms with Gasteiger partial charge in [-0.05, 0) is 43.2 Å². The average molecular weight is 191 g/mol. The molecule has 2 aliphatic carbocycles. The molecule has 0 bridgehead atoms. The standard InChI is InChI=1S/C11H13NO2/c13-10(14)11(4-5-11)8-6-12-9-3-1-2-7(8)9/h6,12H,1-5H2,(H,13,14). The second-order valence-electron chi connectivity index (χ2n) is 4.40. The highest BCUT2D eigenvalue weighted by molar-refractivity contribution is 5.85. The van der Waals surface area contributed by atoms with Gasteiger partial charge >= 0.3 is 5.97 Å². The van der Waals surface area contributed by atoms with Crippen molar-refractivity contribution in [1.82, 2.24) is 4.98 Å². The Morgan fingerprint density at radius 2 is 2.21 bits per heavy atom. The van der Waals surface area contributed by atoms with Crippen molar-refractivity contribution >= 4 is 5.97 Å². The minimum Gasteiger partial charge on any atom is -0.481 e. The molecule has 0 aromatic carbocycles. The lowest BCUT2D eigenvalue weighted by molar-refractivity contribution is -0.140. The van der Waals surface area contributed by atoms with Gasteiger partial charge in [0, 0.05) is 11.9 Å². The maximum Gasteiger partial charge on any atom is 0.314 e. The van der Waals surface area contributed by atoms with E-state index in [0.29, 0.717) is 0 Å². The van der Waals surface area contributed by atoms with Crippen LogP contribution in [-0.4, -0.2) is 16.1 Å². The number of aryl methyl sites for hydroxylation is 1. The molecule has 0 amide bonds. The SMILES string of the molecule is O=C(O)C1(c2c[nH]c3c2CCC3)CC1. The van der Waals surface area contributed by atoms with E-state index in [9.17, 15) is 9.90 Å². The number of carbonyl (C=O) groups is 1. The van der Waals surface area contributed by atoms with E-state index >= 15 is 0 Å². The van der Waals surface area contributed by atoms with E-state index in [1.807, 2.05) is 6.20 Å². The van der Waals surface area contributed by atoms with Gasteiger partial charge in [-0.2, -0.15) is 0 Å². The topological polar surface area (TPSA) is 53.1 Å². The maximum atomic E-state index is 11.2. The summed E-state index contributed by atoms with van der Waals surface area (Å²) in [6, 6.07) is 0. The Kier molecular flexibility index (Phi) is 1.39. The van der Waals surface area contributed by atoms with E-state index in [1.165, 1.54) is 17.7 Å². The second-order valence-corrected chi connectivity index (χ2v) is 4.40. The smallest absolute Gasteiger partial charge is 0.314 e. The largest absolute Gasteiger partial charge is 0.481 e. The van der Waals surface area contributed by atoms with Crippen molar-refractivity contribution in [2.24, 2.45) is 0 Å². The Morgan fingerprint density at radius 1 is 1.43 bits per heavy atom. The Bertz CT molecular complexity index is 401. The molecule has 1 fully saturated rings. The van der Waals surface area contributed by atoms with Gasteiger partial charge < -0.3 is 10.1 Å². The van der Waals surface area contributed by atoms with Crippen molar-refractivity contribution in [1.29, 1.82) is 0 Å².